The first kappa shape index (κ1) is 16.3. The third-order valence-corrected chi connectivity index (χ3v) is 3.59. The molecule has 0 aliphatic rings. The van der Waals surface area contributed by atoms with Crippen molar-refractivity contribution in [2.75, 3.05) is 20.8 Å². The summed E-state index contributed by atoms with van der Waals surface area (Å²) in [6, 6.07) is 11.1. The Hall–Kier alpha value is -2.07. The highest BCUT2D eigenvalue weighted by Gasteiger charge is 2.04. The van der Waals surface area contributed by atoms with E-state index in [1.54, 1.807) is 21.1 Å². The van der Waals surface area contributed by atoms with Gasteiger partial charge in [-0.15, -0.1) is 0 Å². The number of hydrogen-bond acceptors (Lipinski definition) is 3. The fraction of sp³-hybridized carbons (Fsp3) is 0.333. The van der Waals surface area contributed by atoms with Gasteiger partial charge in [0.15, 0.2) is 11.5 Å². The molecule has 0 amide bonds. The molecule has 0 unspecified atom stereocenters. The molecule has 0 fully saturated rings. The van der Waals surface area contributed by atoms with Gasteiger partial charge >= 0.3 is 0 Å². The highest BCUT2D eigenvalue weighted by atomic mass is 19.1. The predicted molar refractivity (Wildman–Crippen MR) is 86.1 cm³/mol. The largest absolute Gasteiger partial charge is 0.493 e. The van der Waals surface area contributed by atoms with Gasteiger partial charge in [-0.3, -0.25) is 0 Å². The van der Waals surface area contributed by atoms with Gasteiger partial charge in [-0.2, -0.15) is 0 Å². The molecule has 0 spiro atoms. The summed E-state index contributed by atoms with van der Waals surface area (Å²) in [5.74, 6) is 1.32. The number of halogens is 1. The molecule has 0 heterocycles. The van der Waals surface area contributed by atoms with Crippen LogP contribution in [0, 0.1) is 12.7 Å². The topological polar surface area (TPSA) is 30.5 Å². The van der Waals surface area contributed by atoms with E-state index in [-0.39, 0.29) is 5.82 Å². The van der Waals surface area contributed by atoms with E-state index in [0.717, 1.165) is 36.6 Å². The van der Waals surface area contributed by atoms with E-state index < -0.39 is 0 Å². The SMILES string of the molecule is COc1ccc(CCNCc2ccc(F)c(C)c2)cc1OC. The molecule has 0 bridgehead atoms. The Kier molecular flexibility index (Phi) is 5.78. The van der Waals surface area contributed by atoms with E-state index in [1.165, 1.54) is 11.6 Å². The van der Waals surface area contributed by atoms with Gasteiger partial charge in [0.05, 0.1) is 14.2 Å². The molecule has 0 aliphatic carbocycles. The third-order valence-electron chi connectivity index (χ3n) is 3.59. The molecule has 4 heteroatoms. The number of nitrogens with one attached hydrogen (secondary N) is 1. The molecule has 0 radical (unpaired) electrons. The lowest BCUT2D eigenvalue weighted by Crippen LogP contribution is -2.16. The lowest BCUT2D eigenvalue weighted by Gasteiger charge is -2.10. The molecule has 2 aromatic rings. The average Bonchev–Trinajstić information content (AvgIpc) is 2.54. The summed E-state index contributed by atoms with van der Waals surface area (Å²) >= 11 is 0. The van der Waals surface area contributed by atoms with E-state index in [0.29, 0.717) is 5.56 Å². The summed E-state index contributed by atoms with van der Waals surface area (Å²) in [5, 5.41) is 3.37. The molecule has 3 nitrogen and oxygen atoms in total. The summed E-state index contributed by atoms with van der Waals surface area (Å²) in [5.41, 5.74) is 2.95. The van der Waals surface area contributed by atoms with Crippen LogP contribution in [0.5, 0.6) is 11.5 Å². The van der Waals surface area contributed by atoms with Gasteiger partial charge in [0.2, 0.25) is 0 Å². The summed E-state index contributed by atoms with van der Waals surface area (Å²) in [7, 11) is 3.26. The van der Waals surface area contributed by atoms with Crippen LogP contribution < -0.4 is 14.8 Å². The van der Waals surface area contributed by atoms with Crippen molar-refractivity contribution < 1.29 is 13.9 Å². The molecule has 0 saturated heterocycles. The maximum absolute atomic E-state index is 13.2. The van der Waals surface area contributed by atoms with Gasteiger partial charge in [-0.25, -0.2) is 4.39 Å². The monoisotopic (exact) mass is 303 g/mol. The zero-order chi connectivity index (χ0) is 15.9. The van der Waals surface area contributed by atoms with Gasteiger partial charge in [-0.1, -0.05) is 18.2 Å². The van der Waals surface area contributed by atoms with Crippen LogP contribution in [-0.4, -0.2) is 20.8 Å². The minimum Gasteiger partial charge on any atom is -0.493 e. The molecule has 2 rings (SSSR count). The molecule has 22 heavy (non-hydrogen) atoms. The number of ether oxygens (including phenoxy) is 2. The van der Waals surface area contributed by atoms with Crippen molar-refractivity contribution in [1.82, 2.24) is 5.32 Å². The lowest BCUT2D eigenvalue weighted by atomic mass is 10.1. The van der Waals surface area contributed by atoms with Crippen molar-refractivity contribution in [2.45, 2.75) is 19.9 Å². The molecule has 0 aliphatic heterocycles. The molecule has 2 aromatic carbocycles. The van der Waals surface area contributed by atoms with Crippen molar-refractivity contribution in [3.8, 4) is 11.5 Å². The second kappa shape index (κ2) is 7.80. The van der Waals surface area contributed by atoms with Crippen LogP contribution in [0.3, 0.4) is 0 Å². The highest BCUT2D eigenvalue weighted by molar-refractivity contribution is 5.42. The number of aryl methyl sites for hydroxylation is 1. The van der Waals surface area contributed by atoms with E-state index in [1.807, 2.05) is 30.3 Å². The fourth-order valence-electron chi connectivity index (χ4n) is 2.32. The van der Waals surface area contributed by atoms with Gasteiger partial charge in [0, 0.05) is 6.54 Å². The normalized spacial score (nSPS) is 10.5. The Balaban J connectivity index is 1.84. The van der Waals surface area contributed by atoms with Crippen LogP contribution in [0.15, 0.2) is 36.4 Å². The van der Waals surface area contributed by atoms with Crippen LogP contribution in [0.25, 0.3) is 0 Å². The van der Waals surface area contributed by atoms with Crippen molar-refractivity contribution >= 4 is 0 Å². The van der Waals surface area contributed by atoms with Gasteiger partial charge < -0.3 is 14.8 Å². The minimum absolute atomic E-state index is 0.158. The first-order valence-corrected chi connectivity index (χ1v) is 7.30. The Morgan fingerprint density at radius 1 is 0.955 bits per heavy atom. The molecule has 0 atom stereocenters. The second-order valence-corrected chi connectivity index (χ2v) is 5.20. The van der Waals surface area contributed by atoms with Crippen molar-refractivity contribution in [3.05, 3.63) is 58.9 Å². The van der Waals surface area contributed by atoms with Crippen LogP contribution in [-0.2, 0) is 13.0 Å². The van der Waals surface area contributed by atoms with Crippen molar-refractivity contribution in [2.24, 2.45) is 0 Å². The summed E-state index contributed by atoms with van der Waals surface area (Å²) in [4.78, 5) is 0. The van der Waals surface area contributed by atoms with E-state index >= 15 is 0 Å². The lowest BCUT2D eigenvalue weighted by molar-refractivity contribution is 0.354. The second-order valence-electron chi connectivity index (χ2n) is 5.20. The quantitative estimate of drug-likeness (QED) is 0.794. The first-order chi connectivity index (χ1) is 10.6. The fourth-order valence-corrected chi connectivity index (χ4v) is 2.32. The first-order valence-electron chi connectivity index (χ1n) is 7.30. The van der Waals surface area contributed by atoms with E-state index in [2.05, 4.69) is 5.32 Å². The third kappa shape index (κ3) is 4.21. The smallest absolute Gasteiger partial charge is 0.160 e. The summed E-state index contributed by atoms with van der Waals surface area (Å²) in [6.45, 7) is 3.35. The van der Waals surface area contributed by atoms with Crippen LogP contribution in [0.4, 0.5) is 4.39 Å². The Bertz CT molecular complexity index is 628. The minimum atomic E-state index is -0.158. The maximum atomic E-state index is 13.2. The molecule has 118 valence electrons. The van der Waals surface area contributed by atoms with Crippen LogP contribution in [0.1, 0.15) is 16.7 Å². The predicted octanol–water partition coefficient (Wildman–Crippen LogP) is 3.48. The van der Waals surface area contributed by atoms with Gasteiger partial charge in [0.25, 0.3) is 0 Å². The Morgan fingerprint density at radius 3 is 2.36 bits per heavy atom. The highest BCUT2D eigenvalue weighted by Crippen LogP contribution is 2.27. The maximum Gasteiger partial charge on any atom is 0.160 e. The van der Waals surface area contributed by atoms with Crippen molar-refractivity contribution in [3.63, 3.8) is 0 Å². The average molecular weight is 303 g/mol. The number of benzene rings is 2. The molecule has 0 aromatic heterocycles. The number of methoxy groups -OCH3 is 2. The van der Waals surface area contributed by atoms with Crippen LogP contribution in [0.2, 0.25) is 0 Å². The Labute approximate surface area is 131 Å². The zero-order valence-corrected chi connectivity index (χ0v) is 13.3. The van der Waals surface area contributed by atoms with Crippen LogP contribution >= 0.6 is 0 Å². The standard InChI is InChI=1S/C18H22FNO2/c1-13-10-15(4-6-16(13)19)12-20-9-8-14-5-7-17(21-2)18(11-14)22-3/h4-7,10-11,20H,8-9,12H2,1-3H3. The molecule has 1 N–H and O–H groups in total. The molecular formula is C18H22FNO2. The number of rotatable bonds is 7. The number of hydrogen-bond donors (Lipinski definition) is 1. The molecule has 0 saturated carbocycles. The Morgan fingerprint density at radius 2 is 1.68 bits per heavy atom. The van der Waals surface area contributed by atoms with Gasteiger partial charge in [0.1, 0.15) is 5.82 Å². The van der Waals surface area contributed by atoms with E-state index in [9.17, 15) is 4.39 Å². The van der Waals surface area contributed by atoms with Crippen molar-refractivity contribution in [1.29, 1.82) is 0 Å². The van der Waals surface area contributed by atoms with Gasteiger partial charge in [-0.05, 0) is 54.8 Å². The summed E-state index contributed by atoms with van der Waals surface area (Å²) in [6.07, 6.45) is 0.889. The molecular weight excluding hydrogens is 281 g/mol. The zero-order valence-electron chi connectivity index (χ0n) is 13.3. The summed E-state index contributed by atoms with van der Waals surface area (Å²) < 4.78 is 23.7. The van der Waals surface area contributed by atoms with E-state index in [4.69, 9.17) is 9.47 Å².